The molecule has 1 N–H and O–H groups in total. The minimum Gasteiger partial charge on any atom is -0.308 e. The van der Waals surface area contributed by atoms with Crippen LogP contribution in [-0.2, 0) is 0 Å². The highest BCUT2D eigenvalue weighted by Gasteiger charge is 2.40. The Labute approximate surface area is 129 Å². The second-order valence-corrected chi connectivity index (χ2v) is 7.04. The summed E-state index contributed by atoms with van der Waals surface area (Å²) < 4.78 is 0. The standard InChI is InChI=1S/C19H30N2/c1-3-18-14-20-19(12-8-5-9-13-19)15-21(18)16(2)17-10-6-4-7-11-17/h4,6-7,10-11,16,18,20H,3,5,8-9,12-15H2,1-2H3. The van der Waals surface area contributed by atoms with Crippen LogP contribution in [0.5, 0.6) is 0 Å². The van der Waals surface area contributed by atoms with Gasteiger partial charge >= 0.3 is 0 Å². The molecule has 0 bridgehead atoms. The average molecular weight is 286 g/mol. The highest BCUT2D eigenvalue weighted by Crippen LogP contribution is 2.35. The topological polar surface area (TPSA) is 15.3 Å². The van der Waals surface area contributed by atoms with Crippen LogP contribution >= 0.6 is 0 Å². The molecule has 2 atom stereocenters. The van der Waals surface area contributed by atoms with Gasteiger partial charge in [0.1, 0.15) is 0 Å². The molecule has 2 heteroatoms. The van der Waals surface area contributed by atoms with Crippen molar-refractivity contribution in [2.45, 2.75) is 70.0 Å². The van der Waals surface area contributed by atoms with Crippen molar-refractivity contribution in [2.75, 3.05) is 13.1 Å². The number of nitrogens with one attached hydrogen (secondary N) is 1. The van der Waals surface area contributed by atoms with Crippen LogP contribution in [0.4, 0.5) is 0 Å². The van der Waals surface area contributed by atoms with Crippen molar-refractivity contribution in [1.29, 1.82) is 0 Å². The van der Waals surface area contributed by atoms with E-state index in [2.05, 4.69) is 54.4 Å². The number of hydrogen-bond donors (Lipinski definition) is 1. The predicted molar refractivity (Wildman–Crippen MR) is 89.5 cm³/mol. The fourth-order valence-electron chi connectivity index (χ4n) is 4.30. The molecule has 0 aromatic heterocycles. The molecule has 3 rings (SSSR count). The molecule has 1 aliphatic carbocycles. The van der Waals surface area contributed by atoms with Crippen molar-refractivity contribution < 1.29 is 0 Å². The summed E-state index contributed by atoms with van der Waals surface area (Å²) >= 11 is 0. The van der Waals surface area contributed by atoms with Gasteiger partial charge in [-0.1, -0.05) is 56.5 Å². The lowest BCUT2D eigenvalue weighted by Gasteiger charge is -2.51. The largest absolute Gasteiger partial charge is 0.308 e. The van der Waals surface area contributed by atoms with E-state index in [1.165, 1.54) is 50.6 Å². The Balaban J connectivity index is 1.79. The zero-order valence-corrected chi connectivity index (χ0v) is 13.6. The SMILES string of the molecule is CCC1CNC2(CCCCC2)CN1C(C)c1ccccc1. The van der Waals surface area contributed by atoms with E-state index in [1.54, 1.807) is 0 Å². The van der Waals surface area contributed by atoms with Crippen molar-refractivity contribution >= 4 is 0 Å². The normalized spacial score (nSPS) is 27.6. The third kappa shape index (κ3) is 3.17. The number of benzene rings is 1. The lowest BCUT2D eigenvalue weighted by Crippen LogP contribution is -2.64. The lowest BCUT2D eigenvalue weighted by atomic mass is 9.78. The Morgan fingerprint density at radius 3 is 2.57 bits per heavy atom. The van der Waals surface area contributed by atoms with E-state index in [4.69, 9.17) is 0 Å². The third-order valence-electron chi connectivity index (χ3n) is 5.73. The van der Waals surface area contributed by atoms with E-state index in [0.717, 1.165) is 6.54 Å². The fourth-order valence-corrected chi connectivity index (χ4v) is 4.30. The van der Waals surface area contributed by atoms with Crippen molar-refractivity contribution in [3.05, 3.63) is 35.9 Å². The number of hydrogen-bond acceptors (Lipinski definition) is 2. The van der Waals surface area contributed by atoms with Crippen LogP contribution in [0.2, 0.25) is 0 Å². The maximum atomic E-state index is 3.93. The quantitative estimate of drug-likeness (QED) is 0.898. The van der Waals surface area contributed by atoms with Gasteiger partial charge in [-0.25, -0.2) is 0 Å². The first-order valence-corrected chi connectivity index (χ1v) is 8.80. The van der Waals surface area contributed by atoms with Crippen LogP contribution in [0.15, 0.2) is 30.3 Å². The van der Waals surface area contributed by atoms with Gasteiger partial charge in [0.15, 0.2) is 0 Å². The van der Waals surface area contributed by atoms with Crippen LogP contribution in [0.3, 0.4) is 0 Å². The van der Waals surface area contributed by atoms with Gasteiger partial charge in [-0.3, -0.25) is 4.90 Å². The Bertz CT molecular complexity index is 436. The maximum absolute atomic E-state index is 3.93. The van der Waals surface area contributed by atoms with Gasteiger partial charge in [0.05, 0.1) is 0 Å². The fraction of sp³-hybridized carbons (Fsp3) is 0.684. The second kappa shape index (κ2) is 6.50. The Morgan fingerprint density at radius 2 is 1.90 bits per heavy atom. The van der Waals surface area contributed by atoms with Crippen LogP contribution in [0.1, 0.15) is 64.0 Å². The zero-order chi connectivity index (χ0) is 14.7. The van der Waals surface area contributed by atoms with Gasteiger partial charge in [0.25, 0.3) is 0 Å². The molecule has 116 valence electrons. The molecule has 1 saturated carbocycles. The highest BCUT2D eigenvalue weighted by atomic mass is 15.3. The van der Waals surface area contributed by atoms with Gasteiger partial charge in [-0.05, 0) is 31.7 Å². The van der Waals surface area contributed by atoms with E-state index in [0.29, 0.717) is 17.6 Å². The predicted octanol–water partition coefficient (Wildman–Crippen LogP) is 4.13. The maximum Gasteiger partial charge on any atom is 0.0324 e. The molecule has 0 radical (unpaired) electrons. The monoisotopic (exact) mass is 286 g/mol. The first-order valence-electron chi connectivity index (χ1n) is 8.80. The molecule has 2 nitrogen and oxygen atoms in total. The van der Waals surface area contributed by atoms with E-state index in [1.807, 2.05) is 0 Å². The van der Waals surface area contributed by atoms with Gasteiger partial charge in [-0.15, -0.1) is 0 Å². The Morgan fingerprint density at radius 1 is 1.19 bits per heavy atom. The molecule has 1 spiro atoms. The van der Waals surface area contributed by atoms with E-state index in [-0.39, 0.29) is 0 Å². The summed E-state index contributed by atoms with van der Waals surface area (Å²) in [4.78, 5) is 2.77. The molecule has 2 aliphatic rings. The Kier molecular flexibility index (Phi) is 4.66. The van der Waals surface area contributed by atoms with Gasteiger partial charge < -0.3 is 5.32 Å². The second-order valence-electron chi connectivity index (χ2n) is 7.04. The van der Waals surface area contributed by atoms with Crippen molar-refractivity contribution in [3.63, 3.8) is 0 Å². The Hall–Kier alpha value is -0.860. The van der Waals surface area contributed by atoms with E-state index in [9.17, 15) is 0 Å². The van der Waals surface area contributed by atoms with Crippen LogP contribution < -0.4 is 5.32 Å². The first-order chi connectivity index (χ1) is 10.2. The molecule has 1 aromatic carbocycles. The van der Waals surface area contributed by atoms with Crippen LogP contribution in [-0.4, -0.2) is 29.6 Å². The van der Waals surface area contributed by atoms with Crippen LogP contribution in [0, 0.1) is 0 Å². The van der Waals surface area contributed by atoms with Gasteiger partial charge in [0.2, 0.25) is 0 Å². The summed E-state index contributed by atoms with van der Waals surface area (Å²) in [7, 11) is 0. The molecular weight excluding hydrogens is 256 g/mol. The molecular formula is C19H30N2. The summed E-state index contributed by atoms with van der Waals surface area (Å²) in [5, 5.41) is 3.93. The average Bonchev–Trinajstić information content (AvgIpc) is 2.56. The summed E-state index contributed by atoms with van der Waals surface area (Å²) in [6.45, 7) is 7.10. The molecule has 21 heavy (non-hydrogen) atoms. The first kappa shape index (κ1) is 15.1. The van der Waals surface area contributed by atoms with E-state index < -0.39 is 0 Å². The summed E-state index contributed by atoms with van der Waals surface area (Å²) in [5.41, 5.74) is 1.86. The number of nitrogens with zero attached hydrogens (tertiary/aromatic N) is 1. The zero-order valence-electron chi connectivity index (χ0n) is 13.6. The molecule has 2 fully saturated rings. The van der Waals surface area contributed by atoms with Crippen molar-refractivity contribution in [1.82, 2.24) is 10.2 Å². The summed E-state index contributed by atoms with van der Waals surface area (Å²) in [6.07, 6.45) is 8.19. The minimum atomic E-state index is 0.396. The van der Waals surface area contributed by atoms with Crippen molar-refractivity contribution in [2.24, 2.45) is 0 Å². The number of rotatable bonds is 3. The van der Waals surface area contributed by atoms with Gasteiger partial charge in [-0.2, -0.15) is 0 Å². The molecule has 1 saturated heterocycles. The minimum absolute atomic E-state index is 0.396. The van der Waals surface area contributed by atoms with Gasteiger partial charge in [0, 0.05) is 30.7 Å². The highest BCUT2D eigenvalue weighted by molar-refractivity contribution is 5.19. The van der Waals surface area contributed by atoms with E-state index >= 15 is 0 Å². The smallest absolute Gasteiger partial charge is 0.0324 e. The molecule has 1 aliphatic heterocycles. The van der Waals surface area contributed by atoms with Crippen LogP contribution in [0.25, 0.3) is 0 Å². The number of piperazine rings is 1. The summed E-state index contributed by atoms with van der Waals surface area (Å²) in [5.74, 6) is 0. The molecule has 0 amide bonds. The molecule has 2 unspecified atom stereocenters. The molecule has 1 heterocycles. The third-order valence-corrected chi connectivity index (χ3v) is 5.73. The lowest BCUT2D eigenvalue weighted by molar-refractivity contribution is 0.0269. The molecule has 1 aromatic rings. The van der Waals surface area contributed by atoms with Crippen molar-refractivity contribution in [3.8, 4) is 0 Å². The summed E-state index contributed by atoms with van der Waals surface area (Å²) in [6, 6.07) is 12.2.